The number of rotatable bonds is 8. The van der Waals surface area contributed by atoms with Gasteiger partial charge in [-0.1, -0.05) is 24.3 Å². The maximum absolute atomic E-state index is 12.7. The van der Waals surface area contributed by atoms with Crippen molar-refractivity contribution in [2.45, 2.75) is 27.7 Å². The number of amides is 2. The molecular weight excluding hydrogens is 396 g/mol. The number of thioether (sulfide) groups is 1. The lowest BCUT2D eigenvalue weighted by Crippen LogP contribution is -2.32. The van der Waals surface area contributed by atoms with Crippen molar-refractivity contribution in [3.63, 3.8) is 0 Å². The number of ether oxygens (including phenoxy) is 1. The Bertz CT molecular complexity index is 949. The van der Waals surface area contributed by atoms with Crippen LogP contribution in [-0.4, -0.2) is 42.3 Å². The van der Waals surface area contributed by atoms with Gasteiger partial charge in [-0.15, -0.1) is 0 Å². The van der Waals surface area contributed by atoms with Crippen LogP contribution >= 0.6 is 11.8 Å². The molecule has 0 N–H and O–H groups in total. The molecule has 0 spiro atoms. The van der Waals surface area contributed by atoms with Gasteiger partial charge < -0.3 is 9.64 Å². The van der Waals surface area contributed by atoms with Gasteiger partial charge >= 0.3 is 0 Å². The number of imide groups is 1. The van der Waals surface area contributed by atoms with Crippen molar-refractivity contribution in [2.75, 3.05) is 31.1 Å². The van der Waals surface area contributed by atoms with E-state index in [1.807, 2.05) is 56.3 Å². The third-order valence-electron chi connectivity index (χ3n) is 5.11. The molecule has 0 aliphatic carbocycles. The van der Waals surface area contributed by atoms with Gasteiger partial charge in [0.2, 0.25) is 0 Å². The molecule has 3 rings (SSSR count). The summed E-state index contributed by atoms with van der Waals surface area (Å²) in [5.41, 5.74) is 4.19. The van der Waals surface area contributed by atoms with Crippen LogP contribution in [0.2, 0.25) is 0 Å². The molecule has 30 heavy (non-hydrogen) atoms. The zero-order valence-electron chi connectivity index (χ0n) is 18.0. The summed E-state index contributed by atoms with van der Waals surface area (Å²) in [6.07, 6.45) is 1.78. The SMILES string of the molecule is CCN(CC)c1ccc(/C=C2\SC(=O)N(CCOc3cc(C)ccc3C)C2=O)cc1. The molecule has 6 heteroatoms. The molecule has 0 atom stereocenters. The molecule has 1 aliphatic rings. The number of benzene rings is 2. The Hall–Kier alpha value is -2.73. The molecule has 0 unspecified atom stereocenters. The Balaban J connectivity index is 1.63. The molecule has 5 nitrogen and oxygen atoms in total. The third-order valence-corrected chi connectivity index (χ3v) is 6.02. The van der Waals surface area contributed by atoms with E-state index in [0.717, 1.165) is 53.0 Å². The normalized spacial score (nSPS) is 15.2. The quantitative estimate of drug-likeness (QED) is 0.541. The smallest absolute Gasteiger partial charge is 0.293 e. The lowest BCUT2D eigenvalue weighted by Gasteiger charge is -2.20. The van der Waals surface area contributed by atoms with Gasteiger partial charge in [0.1, 0.15) is 12.4 Å². The highest BCUT2D eigenvalue weighted by Crippen LogP contribution is 2.32. The predicted molar refractivity (Wildman–Crippen MR) is 124 cm³/mol. The van der Waals surface area contributed by atoms with Gasteiger partial charge in [-0.05, 0) is 80.4 Å². The molecule has 1 fully saturated rings. The minimum Gasteiger partial charge on any atom is -0.491 e. The van der Waals surface area contributed by atoms with E-state index in [4.69, 9.17) is 4.74 Å². The first-order chi connectivity index (χ1) is 14.4. The van der Waals surface area contributed by atoms with E-state index in [0.29, 0.717) is 4.91 Å². The summed E-state index contributed by atoms with van der Waals surface area (Å²) < 4.78 is 5.81. The van der Waals surface area contributed by atoms with Crippen LogP contribution in [0.4, 0.5) is 10.5 Å². The number of anilines is 1. The molecule has 0 aromatic heterocycles. The first-order valence-corrected chi connectivity index (χ1v) is 11.0. The highest BCUT2D eigenvalue weighted by molar-refractivity contribution is 8.18. The van der Waals surface area contributed by atoms with E-state index in [1.54, 1.807) is 6.08 Å². The van der Waals surface area contributed by atoms with Gasteiger partial charge in [0.05, 0.1) is 11.4 Å². The van der Waals surface area contributed by atoms with Gasteiger partial charge in [-0.3, -0.25) is 14.5 Å². The highest BCUT2D eigenvalue weighted by atomic mass is 32.2. The van der Waals surface area contributed by atoms with Crippen molar-refractivity contribution in [1.82, 2.24) is 4.90 Å². The summed E-state index contributed by atoms with van der Waals surface area (Å²) in [5, 5.41) is -0.254. The molecule has 0 radical (unpaired) electrons. The fraction of sp³-hybridized carbons (Fsp3) is 0.333. The first kappa shape index (κ1) is 22.0. The molecule has 1 heterocycles. The van der Waals surface area contributed by atoms with Crippen LogP contribution < -0.4 is 9.64 Å². The number of hydrogen-bond donors (Lipinski definition) is 0. The van der Waals surface area contributed by atoms with Crippen LogP contribution in [0.1, 0.15) is 30.5 Å². The van der Waals surface area contributed by atoms with Crippen LogP contribution in [0.3, 0.4) is 0 Å². The van der Waals surface area contributed by atoms with Crippen LogP contribution in [0.5, 0.6) is 5.75 Å². The Labute approximate surface area is 182 Å². The zero-order chi connectivity index (χ0) is 21.7. The standard InChI is InChI=1S/C24H28N2O3S/c1-5-25(6-2)20-11-9-19(10-12-20)16-22-23(27)26(24(28)30-22)13-14-29-21-15-17(3)7-8-18(21)4/h7-12,15-16H,5-6,13-14H2,1-4H3/b22-16-. The number of aryl methyl sites for hydroxylation is 2. The Morgan fingerprint density at radius 1 is 1.03 bits per heavy atom. The number of carbonyl (C=O) groups is 2. The van der Waals surface area contributed by atoms with Crippen LogP contribution in [-0.2, 0) is 4.79 Å². The van der Waals surface area contributed by atoms with Crippen molar-refractivity contribution in [2.24, 2.45) is 0 Å². The number of carbonyl (C=O) groups excluding carboxylic acids is 2. The molecule has 2 aromatic carbocycles. The molecule has 2 aromatic rings. The van der Waals surface area contributed by atoms with Crippen molar-refractivity contribution in [3.05, 3.63) is 64.1 Å². The van der Waals surface area contributed by atoms with E-state index in [1.165, 1.54) is 4.90 Å². The molecule has 1 saturated heterocycles. The molecular formula is C24H28N2O3S. The lowest BCUT2D eigenvalue weighted by atomic mass is 10.1. The van der Waals surface area contributed by atoms with Crippen LogP contribution in [0.15, 0.2) is 47.4 Å². The largest absolute Gasteiger partial charge is 0.491 e. The second-order valence-electron chi connectivity index (χ2n) is 7.21. The average molecular weight is 425 g/mol. The maximum Gasteiger partial charge on any atom is 0.293 e. The highest BCUT2D eigenvalue weighted by Gasteiger charge is 2.34. The molecule has 0 bridgehead atoms. The van der Waals surface area contributed by atoms with E-state index in [2.05, 4.69) is 18.7 Å². The molecule has 1 aliphatic heterocycles. The van der Waals surface area contributed by atoms with Crippen molar-refractivity contribution in [1.29, 1.82) is 0 Å². The molecule has 2 amide bonds. The van der Waals surface area contributed by atoms with E-state index in [9.17, 15) is 9.59 Å². The average Bonchev–Trinajstić information content (AvgIpc) is 3.00. The molecule has 0 saturated carbocycles. The fourth-order valence-electron chi connectivity index (χ4n) is 3.32. The summed E-state index contributed by atoms with van der Waals surface area (Å²) >= 11 is 0.981. The van der Waals surface area contributed by atoms with Crippen molar-refractivity contribution in [3.8, 4) is 5.75 Å². The maximum atomic E-state index is 12.7. The minimum absolute atomic E-state index is 0.232. The van der Waals surface area contributed by atoms with Crippen molar-refractivity contribution >= 4 is 34.7 Å². The summed E-state index contributed by atoms with van der Waals surface area (Å²) in [6, 6.07) is 14.0. The number of hydrogen-bond acceptors (Lipinski definition) is 5. The Kier molecular flexibility index (Phi) is 7.21. The van der Waals surface area contributed by atoms with E-state index >= 15 is 0 Å². The van der Waals surface area contributed by atoms with Crippen LogP contribution in [0.25, 0.3) is 6.08 Å². The lowest BCUT2D eigenvalue weighted by molar-refractivity contribution is -0.123. The van der Waals surface area contributed by atoms with Gasteiger partial charge in [-0.2, -0.15) is 0 Å². The zero-order valence-corrected chi connectivity index (χ0v) is 18.8. The van der Waals surface area contributed by atoms with Gasteiger partial charge in [0.25, 0.3) is 11.1 Å². The predicted octanol–water partition coefficient (Wildman–Crippen LogP) is 5.26. The van der Waals surface area contributed by atoms with Crippen LogP contribution in [0, 0.1) is 13.8 Å². The summed E-state index contributed by atoms with van der Waals surface area (Å²) in [6.45, 7) is 10.6. The number of nitrogens with zero attached hydrogens (tertiary/aromatic N) is 2. The minimum atomic E-state index is -0.262. The summed E-state index contributed by atoms with van der Waals surface area (Å²) in [5.74, 6) is 0.521. The topological polar surface area (TPSA) is 49.9 Å². The van der Waals surface area contributed by atoms with Gasteiger partial charge in [0.15, 0.2) is 0 Å². The second-order valence-corrected chi connectivity index (χ2v) is 8.21. The van der Waals surface area contributed by atoms with Gasteiger partial charge in [0, 0.05) is 18.8 Å². The van der Waals surface area contributed by atoms with E-state index in [-0.39, 0.29) is 24.3 Å². The Morgan fingerprint density at radius 2 is 1.73 bits per heavy atom. The second kappa shape index (κ2) is 9.85. The van der Waals surface area contributed by atoms with Crippen molar-refractivity contribution < 1.29 is 14.3 Å². The monoisotopic (exact) mass is 424 g/mol. The van der Waals surface area contributed by atoms with Gasteiger partial charge in [-0.25, -0.2) is 0 Å². The summed E-state index contributed by atoms with van der Waals surface area (Å²) in [4.78, 5) is 29.0. The summed E-state index contributed by atoms with van der Waals surface area (Å²) in [7, 11) is 0. The van der Waals surface area contributed by atoms with E-state index < -0.39 is 0 Å². The molecule has 158 valence electrons. The fourth-order valence-corrected chi connectivity index (χ4v) is 4.19. The first-order valence-electron chi connectivity index (χ1n) is 10.2. The third kappa shape index (κ3) is 5.05. The Morgan fingerprint density at radius 3 is 2.40 bits per heavy atom.